The molecule has 0 amide bonds. The Kier molecular flexibility index (Phi) is 5.33. The van der Waals surface area contributed by atoms with Gasteiger partial charge in [0.15, 0.2) is 0 Å². The van der Waals surface area contributed by atoms with Crippen molar-refractivity contribution in [3.8, 4) is 11.8 Å². The van der Waals surface area contributed by atoms with Crippen molar-refractivity contribution in [2.24, 2.45) is 0 Å². The molecule has 0 saturated carbocycles. The highest BCUT2D eigenvalue weighted by Crippen LogP contribution is 2.18. The van der Waals surface area contributed by atoms with E-state index in [0.29, 0.717) is 23.6 Å². The predicted octanol–water partition coefficient (Wildman–Crippen LogP) is 1.99. The molecule has 5 nitrogen and oxygen atoms in total. The largest absolute Gasteiger partial charge is 0.492 e. The maximum atomic E-state index is 13.1. The number of aromatic nitrogens is 1. The average Bonchev–Trinajstić information content (AvgIpc) is 2.30. The van der Waals surface area contributed by atoms with E-state index in [1.807, 2.05) is 13.0 Å². The minimum Gasteiger partial charge on any atom is -0.492 e. The van der Waals surface area contributed by atoms with E-state index in [0.717, 1.165) is 0 Å². The number of hydrogen-bond acceptors (Lipinski definition) is 5. The first-order valence-electron chi connectivity index (χ1n) is 5.29. The molecular weight excluding hydrogens is 225 g/mol. The second kappa shape index (κ2) is 6.78. The molecule has 17 heavy (non-hydrogen) atoms. The Balaban J connectivity index is 2.81. The van der Waals surface area contributed by atoms with Crippen LogP contribution in [0.25, 0.3) is 0 Å². The van der Waals surface area contributed by atoms with Gasteiger partial charge in [-0.1, -0.05) is 0 Å². The molecule has 0 spiro atoms. The number of hydrogen-bond donors (Lipinski definition) is 0. The maximum Gasteiger partial charge on any atom is 0.140 e. The van der Waals surface area contributed by atoms with Crippen LogP contribution in [0.15, 0.2) is 12.3 Å². The minimum atomic E-state index is -0.111. The van der Waals surface area contributed by atoms with E-state index in [1.54, 1.807) is 6.92 Å². The van der Waals surface area contributed by atoms with E-state index in [1.165, 1.54) is 12.3 Å². The van der Waals surface area contributed by atoms with Crippen molar-refractivity contribution in [1.29, 1.82) is 5.26 Å². The Bertz CT molecular complexity index is 406. The number of nitrogens with zero attached hydrogens (tertiary/aromatic N) is 3. The smallest absolute Gasteiger partial charge is 0.140 e. The summed E-state index contributed by atoms with van der Waals surface area (Å²) in [5.41, 5.74) is 0.765. The van der Waals surface area contributed by atoms with Crippen LogP contribution >= 0.6 is 0 Å². The fraction of sp³-hybridized carbons (Fsp3) is 0.455. The van der Waals surface area contributed by atoms with Gasteiger partial charge in [-0.15, -0.1) is 4.48 Å². The zero-order valence-electron chi connectivity index (χ0n) is 9.81. The molecule has 1 rings (SSSR count). The number of hydroxylamine groups is 1. The van der Waals surface area contributed by atoms with Gasteiger partial charge in [0.25, 0.3) is 0 Å². The van der Waals surface area contributed by atoms with Gasteiger partial charge in [0.05, 0.1) is 25.5 Å². The molecule has 0 atom stereocenters. The Morgan fingerprint density at radius 3 is 2.82 bits per heavy atom. The Hall–Kier alpha value is -1.71. The second-order valence-corrected chi connectivity index (χ2v) is 3.11. The van der Waals surface area contributed by atoms with E-state index in [4.69, 9.17) is 10.00 Å². The SMILES string of the molecule is CCOc1cc(CN(F)OCC)ncc1C#N. The summed E-state index contributed by atoms with van der Waals surface area (Å²) in [5, 5.41) is 9.02. The first-order valence-corrected chi connectivity index (χ1v) is 5.29. The second-order valence-electron chi connectivity index (χ2n) is 3.11. The lowest BCUT2D eigenvalue weighted by Crippen LogP contribution is -2.14. The van der Waals surface area contributed by atoms with Crippen LogP contribution in [0.4, 0.5) is 4.48 Å². The highest BCUT2D eigenvalue weighted by Gasteiger charge is 2.09. The summed E-state index contributed by atoms with van der Waals surface area (Å²) in [4.78, 5) is 8.57. The molecule has 0 N–H and O–H groups in total. The molecular formula is C11H14FN3O2. The summed E-state index contributed by atoms with van der Waals surface area (Å²) in [6.45, 7) is 4.06. The van der Waals surface area contributed by atoms with Gasteiger partial charge in [-0.2, -0.15) is 5.26 Å². The molecule has 0 aliphatic heterocycles. The summed E-state index contributed by atoms with van der Waals surface area (Å²) < 4.78 is 18.3. The zero-order valence-corrected chi connectivity index (χ0v) is 9.81. The van der Waals surface area contributed by atoms with Crippen molar-refractivity contribution in [2.75, 3.05) is 13.2 Å². The van der Waals surface area contributed by atoms with Crippen molar-refractivity contribution in [1.82, 2.24) is 10.3 Å². The molecule has 0 aliphatic carbocycles. The molecule has 0 aromatic carbocycles. The van der Waals surface area contributed by atoms with Crippen molar-refractivity contribution in [3.63, 3.8) is 0 Å². The van der Waals surface area contributed by atoms with Gasteiger partial charge in [0.2, 0.25) is 0 Å². The van der Waals surface area contributed by atoms with Gasteiger partial charge in [0.1, 0.15) is 17.4 Å². The van der Waals surface area contributed by atoms with Gasteiger partial charge in [0, 0.05) is 12.3 Å². The van der Waals surface area contributed by atoms with Crippen LogP contribution in [-0.4, -0.2) is 23.5 Å². The lowest BCUT2D eigenvalue weighted by atomic mass is 10.2. The minimum absolute atomic E-state index is 0.111. The van der Waals surface area contributed by atoms with Crippen LogP contribution in [0, 0.1) is 11.3 Å². The molecule has 0 unspecified atom stereocenters. The van der Waals surface area contributed by atoms with Gasteiger partial charge in [-0.25, -0.2) is 0 Å². The van der Waals surface area contributed by atoms with Gasteiger partial charge in [-0.3, -0.25) is 9.82 Å². The van der Waals surface area contributed by atoms with Crippen molar-refractivity contribution < 1.29 is 14.1 Å². The first kappa shape index (κ1) is 13.4. The van der Waals surface area contributed by atoms with Crippen LogP contribution in [0.2, 0.25) is 0 Å². The quantitative estimate of drug-likeness (QED) is 0.561. The van der Waals surface area contributed by atoms with Crippen LogP contribution < -0.4 is 4.74 Å². The normalized spacial score (nSPS) is 10.3. The molecule has 0 radical (unpaired) electrons. The Morgan fingerprint density at radius 2 is 2.24 bits per heavy atom. The monoisotopic (exact) mass is 239 g/mol. The molecule has 0 fully saturated rings. The molecule has 1 aromatic rings. The van der Waals surface area contributed by atoms with Gasteiger partial charge in [-0.05, 0) is 19.1 Å². The summed E-state index contributed by atoms with van der Waals surface area (Å²) in [7, 11) is 0. The highest BCUT2D eigenvalue weighted by molar-refractivity contribution is 5.41. The van der Waals surface area contributed by atoms with Crippen LogP contribution in [-0.2, 0) is 11.4 Å². The van der Waals surface area contributed by atoms with Crippen molar-refractivity contribution >= 4 is 0 Å². The summed E-state index contributed by atoms with van der Waals surface area (Å²) in [5.74, 6) is 0.407. The number of nitriles is 1. The molecule has 0 saturated heterocycles. The lowest BCUT2D eigenvalue weighted by molar-refractivity contribution is -0.285. The topological polar surface area (TPSA) is 58.4 Å². The van der Waals surface area contributed by atoms with Crippen molar-refractivity contribution in [2.45, 2.75) is 20.4 Å². The molecule has 1 heterocycles. The number of pyridine rings is 1. The highest BCUT2D eigenvalue weighted by atomic mass is 19.2. The number of ether oxygens (including phenoxy) is 1. The van der Waals surface area contributed by atoms with E-state index in [2.05, 4.69) is 9.82 Å². The third-order valence-electron chi connectivity index (χ3n) is 1.90. The fourth-order valence-corrected chi connectivity index (χ4v) is 1.24. The molecule has 6 heteroatoms. The van der Waals surface area contributed by atoms with Crippen LogP contribution in [0.5, 0.6) is 5.75 Å². The predicted molar refractivity (Wildman–Crippen MR) is 58.4 cm³/mol. The summed E-state index contributed by atoms with van der Waals surface area (Å²) in [6.07, 6.45) is 1.36. The Labute approximate surface area is 99.3 Å². The molecule has 92 valence electrons. The van der Waals surface area contributed by atoms with Gasteiger partial charge >= 0.3 is 0 Å². The van der Waals surface area contributed by atoms with E-state index < -0.39 is 0 Å². The van der Waals surface area contributed by atoms with E-state index in [-0.39, 0.29) is 18.4 Å². The number of rotatable bonds is 6. The van der Waals surface area contributed by atoms with Crippen LogP contribution in [0.3, 0.4) is 0 Å². The third kappa shape index (κ3) is 3.98. The van der Waals surface area contributed by atoms with Gasteiger partial charge < -0.3 is 4.74 Å². The van der Waals surface area contributed by atoms with E-state index in [9.17, 15) is 4.48 Å². The summed E-state index contributed by atoms with van der Waals surface area (Å²) in [6, 6.07) is 3.50. The van der Waals surface area contributed by atoms with E-state index >= 15 is 0 Å². The third-order valence-corrected chi connectivity index (χ3v) is 1.90. The summed E-state index contributed by atoms with van der Waals surface area (Å²) >= 11 is 0. The lowest BCUT2D eigenvalue weighted by Gasteiger charge is -2.11. The molecule has 0 aliphatic rings. The first-order chi connectivity index (χ1) is 8.21. The number of halogens is 1. The average molecular weight is 239 g/mol. The van der Waals surface area contributed by atoms with Crippen LogP contribution in [0.1, 0.15) is 25.1 Å². The molecule has 0 bridgehead atoms. The fourth-order valence-electron chi connectivity index (χ4n) is 1.24. The Morgan fingerprint density at radius 1 is 1.47 bits per heavy atom. The maximum absolute atomic E-state index is 13.1. The molecule has 1 aromatic heterocycles. The zero-order chi connectivity index (χ0) is 12.7. The van der Waals surface area contributed by atoms with Crippen molar-refractivity contribution in [3.05, 3.63) is 23.5 Å². The standard InChI is InChI=1S/C11H14FN3O2/c1-3-16-11-5-10(8-15(12)17-4-2)14-7-9(11)6-13/h5,7H,3-4,8H2,1-2H3.